The van der Waals surface area contributed by atoms with E-state index in [4.69, 9.17) is 22.2 Å². The monoisotopic (exact) mass is 270 g/mol. The fourth-order valence-corrected chi connectivity index (χ4v) is 2.02. The lowest BCUT2D eigenvalue weighted by atomic mass is 10.1. The first-order valence-electron chi connectivity index (χ1n) is 5.72. The van der Waals surface area contributed by atoms with E-state index in [9.17, 15) is 4.79 Å². The minimum Gasteiger partial charge on any atom is -0.381 e. The van der Waals surface area contributed by atoms with E-state index in [0.29, 0.717) is 24.6 Å². The predicted molar refractivity (Wildman–Crippen MR) is 68.4 cm³/mol. The van der Waals surface area contributed by atoms with E-state index in [-0.39, 0.29) is 17.1 Å². The maximum atomic E-state index is 12.0. The number of pyridine rings is 1. The smallest absolute Gasteiger partial charge is 0.251 e. The number of ether oxygens (including phenoxy) is 1. The number of nitrogens with two attached hydrogens (primary N) is 1. The van der Waals surface area contributed by atoms with Gasteiger partial charge < -0.3 is 15.5 Å². The molecule has 0 radical (unpaired) electrons. The van der Waals surface area contributed by atoms with E-state index in [1.807, 2.05) is 0 Å². The van der Waals surface area contributed by atoms with Gasteiger partial charge in [0.05, 0.1) is 0 Å². The summed E-state index contributed by atoms with van der Waals surface area (Å²) in [5, 5.41) is 3.16. The molecule has 1 fully saturated rings. The van der Waals surface area contributed by atoms with E-state index in [1.165, 1.54) is 6.07 Å². The van der Waals surface area contributed by atoms with Gasteiger partial charge in [-0.1, -0.05) is 11.6 Å². The molecule has 0 aromatic carbocycles. The number of carbonyl (C=O) groups excluding carboxylic acids is 1. The van der Waals surface area contributed by atoms with Crippen molar-refractivity contribution in [3.05, 3.63) is 22.8 Å². The molecule has 1 aliphatic rings. The molecule has 0 spiro atoms. The van der Waals surface area contributed by atoms with E-state index in [1.54, 1.807) is 6.07 Å². The lowest BCUT2D eigenvalue weighted by Gasteiger charge is -2.23. The van der Waals surface area contributed by atoms with Crippen molar-refractivity contribution in [3.8, 4) is 0 Å². The second-order valence-electron chi connectivity index (χ2n) is 4.07. The summed E-state index contributed by atoms with van der Waals surface area (Å²) in [6, 6.07) is 3.21. The number of hydrogen-bond acceptors (Lipinski definition) is 5. The standard InChI is InChI=1S/C11H15ClN4O2/c12-9-5-7(6-10(15-9)16-13)11(17)14-8-1-3-18-4-2-8/h5-6,8H,1-4,13H2,(H,14,17)(H,15,16). The molecule has 1 aromatic heterocycles. The van der Waals surface area contributed by atoms with Gasteiger partial charge in [0.15, 0.2) is 0 Å². The van der Waals surface area contributed by atoms with Gasteiger partial charge in [0.2, 0.25) is 0 Å². The SMILES string of the molecule is NNc1cc(C(=O)NC2CCOCC2)cc(Cl)n1. The Labute approximate surface area is 110 Å². The maximum Gasteiger partial charge on any atom is 0.251 e. The third-order valence-corrected chi connectivity index (χ3v) is 2.95. The zero-order valence-electron chi connectivity index (χ0n) is 9.78. The van der Waals surface area contributed by atoms with Crippen molar-refractivity contribution in [1.29, 1.82) is 0 Å². The number of nitrogens with zero attached hydrogens (tertiary/aromatic N) is 1. The first-order valence-corrected chi connectivity index (χ1v) is 6.09. The number of nitrogen functional groups attached to an aromatic ring is 1. The topological polar surface area (TPSA) is 89.3 Å². The summed E-state index contributed by atoms with van der Waals surface area (Å²) in [6.07, 6.45) is 1.65. The summed E-state index contributed by atoms with van der Waals surface area (Å²) in [4.78, 5) is 15.9. The zero-order chi connectivity index (χ0) is 13.0. The van der Waals surface area contributed by atoms with Gasteiger partial charge in [0.25, 0.3) is 5.91 Å². The minimum atomic E-state index is -0.178. The third kappa shape index (κ3) is 3.32. The summed E-state index contributed by atoms with van der Waals surface area (Å²) in [5.74, 6) is 5.44. The Kier molecular flexibility index (Phi) is 4.35. The molecule has 98 valence electrons. The summed E-state index contributed by atoms with van der Waals surface area (Å²) in [5.41, 5.74) is 2.81. The summed E-state index contributed by atoms with van der Waals surface area (Å²) in [6.45, 7) is 1.36. The lowest BCUT2D eigenvalue weighted by molar-refractivity contribution is 0.0696. The van der Waals surface area contributed by atoms with Gasteiger partial charge in [0, 0.05) is 24.8 Å². The molecule has 0 atom stereocenters. The Balaban J connectivity index is 2.05. The first-order chi connectivity index (χ1) is 8.69. The van der Waals surface area contributed by atoms with Crippen LogP contribution < -0.4 is 16.6 Å². The van der Waals surface area contributed by atoms with Crippen LogP contribution in [0.25, 0.3) is 0 Å². The second-order valence-corrected chi connectivity index (χ2v) is 4.46. The Hall–Kier alpha value is -1.37. The molecule has 1 aliphatic heterocycles. The highest BCUT2D eigenvalue weighted by atomic mass is 35.5. The summed E-state index contributed by atoms with van der Waals surface area (Å²) < 4.78 is 5.23. The number of hydrogen-bond donors (Lipinski definition) is 3. The molecule has 1 saturated heterocycles. The summed E-state index contributed by atoms with van der Waals surface area (Å²) in [7, 11) is 0. The predicted octanol–water partition coefficient (Wildman–Crippen LogP) is 0.929. The molecule has 0 bridgehead atoms. The fourth-order valence-electron chi connectivity index (χ4n) is 1.81. The zero-order valence-corrected chi connectivity index (χ0v) is 10.5. The average Bonchev–Trinajstić information content (AvgIpc) is 2.39. The van der Waals surface area contributed by atoms with Crippen molar-refractivity contribution < 1.29 is 9.53 Å². The van der Waals surface area contributed by atoms with Crippen LogP contribution in [0.15, 0.2) is 12.1 Å². The largest absolute Gasteiger partial charge is 0.381 e. The number of nitrogens with one attached hydrogen (secondary N) is 2. The van der Waals surface area contributed by atoms with E-state index in [2.05, 4.69) is 15.7 Å². The molecule has 2 heterocycles. The van der Waals surface area contributed by atoms with Crippen LogP contribution in [0, 0.1) is 0 Å². The number of carbonyl (C=O) groups is 1. The van der Waals surface area contributed by atoms with E-state index < -0.39 is 0 Å². The van der Waals surface area contributed by atoms with Crippen molar-refractivity contribution >= 4 is 23.3 Å². The third-order valence-electron chi connectivity index (χ3n) is 2.76. The van der Waals surface area contributed by atoms with Crippen molar-refractivity contribution in [1.82, 2.24) is 10.3 Å². The number of rotatable bonds is 3. The molecular weight excluding hydrogens is 256 g/mol. The van der Waals surface area contributed by atoms with Crippen molar-refractivity contribution in [2.45, 2.75) is 18.9 Å². The van der Waals surface area contributed by atoms with Crippen LogP contribution in [0.5, 0.6) is 0 Å². The van der Waals surface area contributed by atoms with Gasteiger partial charge >= 0.3 is 0 Å². The molecule has 0 aliphatic carbocycles. The van der Waals surface area contributed by atoms with Gasteiger partial charge in [0.1, 0.15) is 11.0 Å². The van der Waals surface area contributed by atoms with Crippen LogP contribution in [0.1, 0.15) is 23.2 Å². The second kappa shape index (κ2) is 5.99. The Morgan fingerprint density at radius 2 is 2.17 bits per heavy atom. The normalized spacial score (nSPS) is 16.3. The maximum absolute atomic E-state index is 12.0. The van der Waals surface area contributed by atoms with Crippen LogP contribution in [0.3, 0.4) is 0 Å². The number of hydrazine groups is 1. The molecule has 1 aromatic rings. The average molecular weight is 271 g/mol. The van der Waals surface area contributed by atoms with Crippen molar-refractivity contribution in [2.24, 2.45) is 5.84 Å². The Bertz CT molecular complexity index is 435. The van der Waals surface area contributed by atoms with Crippen LogP contribution in [-0.4, -0.2) is 30.1 Å². The van der Waals surface area contributed by atoms with E-state index >= 15 is 0 Å². The van der Waals surface area contributed by atoms with Crippen LogP contribution in [0.4, 0.5) is 5.82 Å². The fraction of sp³-hybridized carbons (Fsp3) is 0.455. The molecular formula is C11H15ClN4O2. The molecule has 18 heavy (non-hydrogen) atoms. The number of anilines is 1. The van der Waals surface area contributed by atoms with Gasteiger partial charge in [-0.25, -0.2) is 10.8 Å². The molecule has 2 rings (SSSR count). The highest BCUT2D eigenvalue weighted by Gasteiger charge is 2.17. The molecule has 7 heteroatoms. The molecule has 0 saturated carbocycles. The first kappa shape index (κ1) is 13.1. The lowest BCUT2D eigenvalue weighted by Crippen LogP contribution is -2.38. The van der Waals surface area contributed by atoms with Gasteiger partial charge in [-0.3, -0.25) is 4.79 Å². The summed E-state index contributed by atoms with van der Waals surface area (Å²) >= 11 is 5.81. The van der Waals surface area contributed by atoms with Gasteiger partial charge in [-0.2, -0.15) is 0 Å². The van der Waals surface area contributed by atoms with E-state index in [0.717, 1.165) is 12.8 Å². The number of halogens is 1. The molecule has 0 unspecified atom stereocenters. The van der Waals surface area contributed by atoms with Crippen LogP contribution >= 0.6 is 11.6 Å². The molecule has 1 amide bonds. The van der Waals surface area contributed by atoms with Crippen LogP contribution in [0.2, 0.25) is 5.15 Å². The molecule has 6 nitrogen and oxygen atoms in total. The van der Waals surface area contributed by atoms with Crippen molar-refractivity contribution in [3.63, 3.8) is 0 Å². The van der Waals surface area contributed by atoms with Crippen molar-refractivity contribution in [2.75, 3.05) is 18.6 Å². The quantitative estimate of drug-likeness (QED) is 0.432. The highest BCUT2D eigenvalue weighted by Crippen LogP contribution is 2.15. The van der Waals surface area contributed by atoms with Gasteiger partial charge in [-0.15, -0.1) is 0 Å². The van der Waals surface area contributed by atoms with Crippen LogP contribution in [-0.2, 0) is 4.74 Å². The minimum absolute atomic E-state index is 0.146. The highest BCUT2D eigenvalue weighted by molar-refractivity contribution is 6.29. The number of aromatic nitrogens is 1. The number of amides is 1. The molecule has 4 N–H and O–H groups in total. The van der Waals surface area contributed by atoms with Gasteiger partial charge in [-0.05, 0) is 25.0 Å². The Morgan fingerprint density at radius 1 is 1.44 bits per heavy atom. The Morgan fingerprint density at radius 3 is 2.83 bits per heavy atom.